The van der Waals surface area contributed by atoms with Crippen LogP contribution in [0.2, 0.25) is 5.02 Å². The molecule has 0 spiro atoms. The lowest BCUT2D eigenvalue weighted by Crippen LogP contribution is -2.32. The van der Waals surface area contributed by atoms with Gasteiger partial charge in [0.1, 0.15) is 17.2 Å². The van der Waals surface area contributed by atoms with Gasteiger partial charge < -0.3 is 14.5 Å². The number of benzene rings is 1. The standard InChI is InChI=1S/C20H27ClFNO3/c1-19(2,3)26-18(24)14-10-15(21)17(11-16(14)22)25-13-20(12-23-4)8-6-5-7-9-20/h10-12H,5-9,13H2,1-4H3. The maximum atomic E-state index is 14.4. The number of hydrogen-bond acceptors (Lipinski definition) is 4. The van der Waals surface area contributed by atoms with E-state index < -0.39 is 17.4 Å². The Hall–Kier alpha value is -1.62. The number of carbonyl (C=O) groups excluding carboxylic acids is 1. The molecule has 1 aliphatic carbocycles. The van der Waals surface area contributed by atoms with Crippen LogP contribution < -0.4 is 4.74 Å². The predicted octanol–water partition coefficient (Wildman–Crippen LogP) is 5.46. The van der Waals surface area contributed by atoms with Gasteiger partial charge >= 0.3 is 5.97 Å². The highest BCUT2D eigenvalue weighted by molar-refractivity contribution is 6.32. The van der Waals surface area contributed by atoms with Crippen molar-refractivity contribution in [3.05, 3.63) is 28.5 Å². The lowest BCUT2D eigenvalue weighted by atomic mass is 9.75. The van der Waals surface area contributed by atoms with Crippen LogP contribution in [-0.4, -0.2) is 31.4 Å². The first-order valence-corrected chi connectivity index (χ1v) is 9.32. The number of halogens is 2. The lowest BCUT2D eigenvalue weighted by molar-refractivity contribution is 0.00646. The Morgan fingerprint density at radius 1 is 1.31 bits per heavy atom. The maximum absolute atomic E-state index is 14.4. The smallest absolute Gasteiger partial charge is 0.341 e. The Morgan fingerprint density at radius 2 is 1.96 bits per heavy atom. The van der Waals surface area contributed by atoms with E-state index in [1.165, 1.54) is 12.5 Å². The van der Waals surface area contributed by atoms with Crippen LogP contribution >= 0.6 is 11.6 Å². The number of esters is 1. The van der Waals surface area contributed by atoms with Crippen LogP contribution in [-0.2, 0) is 4.74 Å². The molecule has 0 heterocycles. The molecule has 1 saturated carbocycles. The van der Waals surface area contributed by atoms with Gasteiger partial charge in [0, 0.05) is 24.7 Å². The summed E-state index contributed by atoms with van der Waals surface area (Å²) in [5.74, 6) is -1.23. The monoisotopic (exact) mass is 383 g/mol. The Labute approximate surface area is 159 Å². The summed E-state index contributed by atoms with van der Waals surface area (Å²) in [6, 6.07) is 2.42. The summed E-state index contributed by atoms with van der Waals surface area (Å²) in [5.41, 5.74) is -1.05. The van der Waals surface area contributed by atoms with Crippen LogP contribution in [0.4, 0.5) is 4.39 Å². The van der Waals surface area contributed by atoms with Gasteiger partial charge in [-0.2, -0.15) is 0 Å². The Balaban J connectivity index is 2.15. The van der Waals surface area contributed by atoms with E-state index >= 15 is 0 Å². The highest BCUT2D eigenvalue weighted by atomic mass is 35.5. The molecule has 26 heavy (non-hydrogen) atoms. The molecule has 1 aromatic carbocycles. The Morgan fingerprint density at radius 3 is 2.54 bits per heavy atom. The topological polar surface area (TPSA) is 47.9 Å². The molecule has 0 radical (unpaired) electrons. The van der Waals surface area contributed by atoms with Crippen molar-refractivity contribution in [2.24, 2.45) is 10.4 Å². The van der Waals surface area contributed by atoms with Crippen LogP contribution in [0.15, 0.2) is 17.1 Å². The number of rotatable bonds is 5. The van der Waals surface area contributed by atoms with Crippen LogP contribution in [0.5, 0.6) is 5.75 Å². The summed E-state index contributed by atoms with van der Waals surface area (Å²) in [6.45, 7) is 5.55. The molecule has 0 N–H and O–H groups in total. The molecule has 0 amide bonds. The van der Waals surface area contributed by atoms with Gasteiger partial charge in [-0.05, 0) is 39.7 Å². The Bertz CT molecular complexity index is 676. The number of aliphatic imine (C=N–C) groups is 1. The summed E-state index contributed by atoms with van der Waals surface area (Å²) < 4.78 is 25.4. The number of nitrogens with zero attached hydrogens (tertiary/aromatic N) is 1. The third-order valence-electron chi connectivity index (χ3n) is 4.41. The molecule has 0 unspecified atom stereocenters. The minimum absolute atomic E-state index is 0.142. The van der Waals surface area contributed by atoms with Gasteiger partial charge in [-0.15, -0.1) is 0 Å². The van der Waals surface area contributed by atoms with E-state index in [0.717, 1.165) is 31.7 Å². The van der Waals surface area contributed by atoms with Crippen molar-refractivity contribution in [1.82, 2.24) is 0 Å². The van der Waals surface area contributed by atoms with Gasteiger partial charge in [0.25, 0.3) is 0 Å². The van der Waals surface area contributed by atoms with Gasteiger partial charge in [0.05, 0.1) is 17.2 Å². The van der Waals surface area contributed by atoms with E-state index in [4.69, 9.17) is 21.1 Å². The maximum Gasteiger partial charge on any atom is 0.341 e. The molecular weight excluding hydrogens is 357 g/mol. The highest BCUT2D eigenvalue weighted by Crippen LogP contribution is 2.37. The van der Waals surface area contributed by atoms with E-state index in [0.29, 0.717) is 6.61 Å². The first-order chi connectivity index (χ1) is 12.2. The molecule has 1 aromatic rings. The summed E-state index contributed by atoms with van der Waals surface area (Å²) in [7, 11) is 1.75. The first kappa shape index (κ1) is 20.7. The van der Waals surface area contributed by atoms with E-state index in [1.54, 1.807) is 27.8 Å². The first-order valence-electron chi connectivity index (χ1n) is 8.94. The van der Waals surface area contributed by atoms with Gasteiger partial charge in [0.15, 0.2) is 0 Å². The third kappa shape index (κ3) is 5.44. The van der Waals surface area contributed by atoms with Crippen LogP contribution in [0, 0.1) is 11.2 Å². The second-order valence-electron chi connectivity index (χ2n) is 7.86. The van der Waals surface area contributed by atoms with Crippen molar-refractivity contribution in [2.45, 2.75) is 58.5 Å². The fourth-order valence-electron chi connectivity index (χ4n) is 3.19. The zero-order valence-electron chi connectivity index (χ0n) is 15.9. The molecule has 1 fully saturated rings. The van der Waals surface area contributed by atoms with Gasteiger partial charge in [-0.1, -0.05) is 30.9 Å². The summed E-state index contributed by atoms with van der Waals surface area (Å²) in [5, 5.41) is 0.187. The normalized spacial score (nSPS) is 17.3. The second kappa shape index (κ2) is 8.38. The number of carbonyl (C=O) groups is 1. The minimum atomic E-state index is -0.745. The molecule has 0 aromatic heterocycles. The lowest BCUT2D eigenvalue weighted by Gasteiger charge is -2.33. The van der Waals surface area contributed by atoms with Gasteiger partial charge in [0.2, 0.25) is 0 Å². The summed E-state index contributed by atoms with van der Waals surface area (Å²) in [4.78, 5) is 16.3. The largest absolute Gasteiger partial charge is 0.491 e. The van der Waals surface area contributed by atoms with Crippen molar-refractivity contribution in [3.8, 4) is 5.75 Å². The SMILES string of the molecule is CN=CC1(COc2cc(F)c(C(=O)OC(C)(C)C)cc2Cl)CCCCC1. The van der Waals surface area contributed by atoms with E-state index in [-0.39, 0.29) is 21.8 Å². The molecule has 0 bridgehead atoms. The number of hydrogen-bond donors (Lipinski definition) is 0. The molecule has 6 heteroatoms. The average molecular weight is 384 g/mol. The van der Waals surface area contributed by atoms with Crippen LogP contribution in [0.25, 0.3) is 0 Å². The fourth-order valence-corrected chi connectivity index (χ4v) is 3.41. The van der Waals surface area contributed by atoms with Crippen LogP contribution in [0.1, 0.15) is 63.2 Å². The average Bonchev–Trinajstić information content (AvgIpc) is 2.55. The van der Waals surface area contributed by atoms with Crippen molar-refractivity contribution >= 4 is 23.8 Å². The second-order valence-corrected chi connectivity index (χ2v) is 8.27. The molecule has 0 saturated heterocycles. The quantitative estimate of drug-likeness (QED) is 0.500. The molecule has 2 rings (SSSR count). The van der Waals surface area contributed by atoms with Crippen molar-refractivity contribution in [1.29, 1.82) is 0 Å². The van der Waals surface area contributed by atoms with E-state index in [9.17, 15) is 9.18 Å². The zero-order chi connectivity index (χ0) is 19.4. The zero-order valence-corrected chi connectivity index (χ0v) is 16.7. The van der Waals surface area contributed by atoms with Crippen molar-refractivity contribution < 1.29 is 18.7 Å². The molecular formula is C20H27ClFNO3. The van der Waals surface area contributed by atoms with Crippen molar-refractivity contribution in [2.75, 3.05) is 13.7 Å². The third-order valence-corrected chi connectivity index (χ3v) is 4.70. The number of ether oxygens (including phenoxy) is 2. The summed E-state index contributed by atoms with van der Waals surface area (Å²) in [6.07, 6.45) is 7.36. The van der Waals surface area contributed by atoms with Crippen LogP contribution in [0.3, 0.4) is 0 Å². The van der Waals surface area contributed by atoms with Gasteiger partial charge in [-0.25, -0.2) is 9.18 Å². The van der Waals surface area contributed by atoms with E-state index in [2.05, 4.69) is 4.99 Å². The predicted molar refractivity (Wildman–Crippen MR) is 102 cm³/mol. The highest BCUT2D eigenvalue weighted by Gasteiger charge is 2.32. The molecule has 4 nitrogen and oxygen atoms in total. The molecule has 0 aliphatic heterocycles. The fraction of sp³-hybridized carbons (Fsp3) is 0.600. The molecule has 0 atom stereocenters. The Kier molecular flexibility index (Phi) is 6.67. The van der Waals surface area contributed by atoms with Crippen molar-refractivity contribution in [3.63, 3.8) is 0 Å². The molecule has 144 valence electrons. The minimum Gasteiger partial charge on any atom is -0.491 e. The van der Waals surface area contributed by atoms with Gasteiger partial charge in [-0.3, -0.25) is 0 Å². The molecule has 1 aliphatic rings. The van der Waals surface area contributed by atoms with E-state index in [1.807, 2.05) is 6.21 Å². The summed E-state index contributed by atoms with van der Waals surface area (Å²) >= 11 is 6.22.